The van der Waals surface area contributed by atoms with Crippen molar-refractivity contribution in [3.8, 4) is 0 Å². The van der Waals surface area contributed by atoms with Gasteiger partial charge in [0.05, 0.1) is 18.6 Å². The van der Waals surface area contributed by atoms with E-state index in [-0.39, 0.29) is 12.6 Å². The first-order valence-electron chi connectivity index (χ1n) is 7.41. The van der Waals surface area contributed by atoms with Gasteiger partial charge in [-0.05, 0) is 26.0 Å². The Balaban J connectivity index is 1.91. The Bertz CT molecular complexity index is 853. The van der Waals surface area contributed by atoms with Crippen molar-refractivity contribution in [2.45, 2.75) is 30.8 Å². The second-order valence-corrected chi connectivity index (χ2v) is 6.29. The summed E-state index contributed by atoms with van der Waals surface area (Å²) < 4.78 is 5.55. The number of anilines is 2. The van der Waals surface area contributed by atoms with Crippen LogP contribution in [0.15, 0.2) is 27.9 Å². The van der Waals surface area contributed by atoms with E-state index in [0.717, 1.165) is 11.5 Å². The zero-order chi connectivity index (χ0) is 17.1. The highest BCUT2D eigenvalue weighted by molar-refractivity contribution is 7.98. The van der Waals surface area contributed by atoms with Crippen molar-refractivity contribution in [2.24, 2.45) is 0 Å². The molecule has 126 valence electrons. The number of nitrogen functional groups attached to an aromatic ring is 1. The molecular weight excluding hydrogens is 328 g/mol. The molecule has 24 heavy (non-hydrogen) atoms. The lowest BCUT2D eigenvalue weighted by Crippen LogP contribution is -2.21. The molecule has 0 saturated carbocycles. The predicted molar refractivity (Wildman–Crippen MR) is 92.7 cm³/mol. The molecule has 4 N–H and O–H groups in total. The van der Waals surface area contributed by atoms with Crippen LogP contribution in [0.4, 0.5) is 11.6 Å². The minimum atomic E-state index is -0.173. The number of aromatic nitrogens is 4. The van der Waals surface area contributed by atoms with Gasteiger partial charge in [0, 0.05) is 6.04 Å². The second kappa shape index (κ2) is 7.02. The molecule has 0 aliphatic rings. The van der Waals surface area contributed by atoms with Crippen molar-refractivity contribution in [3.05, 3.63) is 29.9 Å². The molecule has 0 aliphatic carbocycles. The molecule has 0 aromatic carbocycles. The Labute approximate surface area is 142 Å². The van der Waals surface area contributed by atoms with E-state index in [2.05, 4.69) is 25.3 Å². The highest BCUT2D eigenvalue weighted by Gasteiger charge is 2.13. The van der Waals surface area contributed by atoms with Gasteiger partial charge in [0.2, 0.25) is 0 Å². The Hall–Kier alpha value is -2.39. The van der Waals surface area contributed by atoms with E-state index in [1.54, 1.807) is 0 Å². The summed E-state index contributed by atoms with van der Waals surface area (Å²) >= 11 is 1.43. The van der Waals surface area contributed by atoms with E-state index in [1.165, 1.54) is 18.0 Å². The molecule has 0 amide bonds. The maximum atomic E-state index is 9.26. The van der Waals surface area contributed by atoms with Gasteiger partial charge in [-0.15, -0.1) is 0 Å². The largest absolute Gasteiger partial charge is 0.465 e. The van der Waals surface area contributed by atoms with Crippen molar-refractivity contribution < 1.29 is 9.52 Å². The number of nitrogens with zero attached hydrogens (tertiary/aromatic N) is 4. The minimum absolute atomic E-state index is 0.0257. The number of nitrogens with two attached hydrogens (primary N) is 1. The van der Waals surface area contributed by atoms with E-state index in [0.29, 0.717) is 33.7 Å². The number of aryl methyl sites for hydroxylation is 1. The van der Waals surface area contributed by atoms with E-state index < -0.39 is 0 Å². The molecule has 0 spiro atoms. The lowest BCUT2D eigenvalue weighted by Gasteiger charge is -2.13. The summed E-state index contributed by atoms with van der Waals surface area (Å²) in [7, 11) is 0. The molecule has 3 heterocycles. The van der Waals surface area contributed by atoms with E-state index in [1.807, 2.05) is 26.0 Å². The number of nitrogens with one attached hydrogen (secondary N) is 1. The van der Waals surface area contributed by atoms with Crippen LogP contribution in [0.5, 0.6) is 0 Å². The van der Waals surface area contributed by atoms with Gasteiger partial charge in [-0.3, -0.25) is 0 Å². The number of aliphatic hydroxyl groups excluding tert-OH is 1. The Morgan fingerprint density at radius 1 is 1.33 bits per heavy atom. The molecular formula is C15H18N6O2S. The minimum Gasteiger partial charge on any atom is -0.465 e. The van der Waals surface area contributed by atoms with Crippen molar-refractivity contribution in [1.82, 2.24) is 19.9 Å². The molecule has 3 rings (SSSR count). The van der Waals surface area contributed by atoms with Crippen LogP contribution in [0.1, 0.15) is 18.4 Å². The lowest BCUT2D eigenvalue weighted by molar-refractivity contribution is 0.281. The average molecular weight is 346 g/mol. The monoisotopic (exact) mass is 346 g/mol. The van der Waals surface area contributed by atoms with Crippen molar-refractivity contribution in [3.63, 3.8) is 0 Å². The van der Waals surface area contributed by atoms with E-state index in [4.69, 9.17) is 10.2 Å². The molecule has 3 aromatic rings. The third kappa shape index (κ3) is 3.74. The summed E-state index contributed by atoms with van der Waals surface area (Å²) in [5, 5.41) is 12.9. The zero-order valence-corrected chi connectivity index (χ0v) is 14.2. The Morgan fingerprint density at radius 2 is 2.17 bits per heavy atom. The molecule has 0 bridgehead atoms. The van der Waals surface area contributed by atoms with Gasteiger partial charge in [-0.1, -0.05) is 11.8 Å². The Kier molecular flexibility index (Phi) is 4.81. The van der Waals surface area contributed by atoms with Crippen LogP contribution < -0.4 is 11.1 Å². The number of hydrogen-bond donors (Lipinski definition) is 3. The van der Waals surface area contributed by atoms with E-state index >= 15 is 0 Å². The van der Waals surface area contributed by atoms with Crippen LogP contribution in [0.3, 0.4) is 0 Å². The summed E-state index contributed by atoms with van der Waals surface area (Å²) in [4.78, 5) is 17.4. The summed E-state index contributed by atoms with van der Waals surface area (Å²) in [5.41, 5.74) is 6.63. The topological polar surface area (TPSA) is 123 Å². The maximum Gasteiger partial charge on any atom is 0.192 e. The highest BCUT2D eigenvalue weighted by Crippen LogP contribution is 2.25. The van der Waals surface area contributed by atoms with Crippen LogP contribution in [-0.4, -0.2) is 37.7 Å². The molecule has 0 radical (unpaired) electrons. The summed E-state index contributed by atoms with van der Waals surface area (Å²) in [5.74, 6) is 3.12. The molecule has 8 nitrogen and oxygen atoms in total. The molecule has 0 fully saturated rings. The van der Waals surface area contributed by atoms with Crippen molar-refractivity contribution >= 4 is 34.6 Å². The summed E-state index contributed by atoms with van der Waals surface area (Å²) in [6, 6.07) is 3.67. The van der Waals surface area contributed by atoms with Gasteiger partial charge in [0.1, 0.15) is 17.3 Å². The average Bonchev–Trinajstić information content (AvgIpc) is 2.97. The number of fused-ring (bicyclic) bond motifs is 1. The fraction of sp³-hybridized carbons (Fsp3) is 0.333. The molecule has 0 aliphatic heterocycles. The summed E-state index contributed by atoms with van der Waals surface area (Å²) in [6.45, 7) is 3.72. The third-order valence-corrected chi connectivity index (χ3v) is 4.07. The lowest BCUT2D eigenvalue weighted by atomic mass is 10.3. The van der Waals surface area contributed by atoms with Gasteiger partial charge < -0.3 is 20.6 Å². The third-order valence-electron chi connectivity index (χ3n) is 3.20. The van der Waals surface area contributed by atoms with Crippen molar-refractivity contribution in [2.75, 3.05) is 17.7 Å². The zero-order valence-electron chi connectivity index (χ0n) is 13.4. The standard InChI is InChI=1S/C15H18N6O2S/c1-8(6-22)18-13-12-14(19-11(16)5-17-12)21-15(20-13)24-7-10-4-3-9(2)23-10/h3-5,8,22H,6-7H2,1-2H3,(H3,16,18,19,20,21)/t8-/m1/s1. The van der Waals surface area contributed by atoms with Gasteiger partial charge in [0.25, 0.3) is 0 Å². The highest BCUT2D eigenvalue weighted by atomic mass is 32.2. The summed E-state index contributed by atoms with van der Waals surface area (Å²) in [6.07, 6.45) is 1.46. The van der Waals surface area contributed by atoms with Gasteiger partial charge in [-0.25, -0.2) is 19.9 Å². The first kappa shape index (κ1) is 16.5. The van der Waals surface area contributed by atoms with Gasteiger partial charge >= 0.3 is 0 Å². The molecule has 1 atom stereocenters. The molecule has 3 aromatic heterocycles. The number of thioether (sulfide) groups is 1. The normalized spacial score (nSPS) is 12.5. The van der Waals surface area contributed by atoms with Crippen LogP contribution in [0.2, 0.25) is 0 Å². The smallest absolute Gasteiger partial charge is 0.192 e. The number of rotatable bonds is 6. The number of hydrogen-bond acceptors (Lipinski definition) is 9. The molecule has 0 saturated heterocycles. The fourth-order valence-electron chi connectivity index (χ4n) is 2.04. The van der Waals surface area contributed by atoms with Gasteiger partial charge in [-0.2, -0.15) is 0 Å². The molecule has 9 heteroatoms. The first-order chi connectivity index (χ1) is 11.5. The van der Waals surface area contributed by atoms with Crippen LogP contribution >= 0.6 is 11.8 Å². The predicted octanol–water partition coefficient (Wildman–Crippen LogP) is 1.99. The van der Waals surface area contributed by atoms with Crippen LogP contribution in [-0.2, 0) is 5.75 Å². The number of furan rings is 1. The first-order valence-corrected chi connectivity index (χ1v) is 8.39. The van der Waals surface area contributed by atoms with Gasteiger partial charge in [0.15, 0.2) is 22.1 Å². The van der Waals surface area contributed by atoms with Crippen LogP contribution in [0.25, 0.3) is 11.2 Å². The Morgan fingerprint density at radius 3 is 2.88 bits per heavy atom. The van der Waals surface area contributed by atoms with E-state index in [9.17, 15) is 5.11 Å². The fourth-order valence-corrected chi connectivity index (χ4v) is 2.78. The quantitative estimate of drug-likeness (QED) is 0.454. The SMILES string of the molecule is Cc1ccc(CSc2nc(N[C@H](C)CO)c3ncc(N)nc3n2)o1. The molecule has 0 unspecified atom stereocenters. The van der Waals surface area contributed by atoms with Crippen molar-refractivity contribution in [1.29, 1.82) is 0 Å². The maximum absolute atomic E-state index is 9.26. The number of aliphatic hydroxyl groups is 1. The van der Waals surface area contributed by atoms with Crippen LogP contribution in [0, 0.1) is 6.92 Å². The second-order valence-electron chi connectivity index (χ2n) is 5.35.